The number of benzene rings is 2. The minimum absolute atomic E-state index is 0.00613. The molecule has 7 rings (SSSR count). The zero-order valence-corrected chi connectivity index (χ0v) is 33.0. The molecule has 57 heavy (non-hydrogen) atoms. The number of rotatable bonds is 12. The third-order valence-electron chi connectivity index (χ3n) is 13.5. The summed E-state index contributed by atoms with van der Waals surface area (Å²) in [6.45, 7) is 3.33. The van der Waals surface area contributed by atoms with E-state index < -0.39 is 59.0 Å². The monoisotopic (exact) mass is 779 g/mol. The van der Waals surface area contributed by atoms with Crippen LogP contribution in [-0.2, 0) is 35.3 Å². The number of carbonyl (C=O) groups excluding carboxylic acids is 4. The van der Waals surface area contributed by atoms with Crippen molar-refractivity contribution in [3.8, 4) is 0 Å². The normalized spacial score (nSPS) is 30.7. The highest BCUT2D eigenvalue weighted by Gasteiger charge is 2.68. The molecule has 0 aliphatic heterocycles. The summed E-state index contributed by atoms with van der Waals surface area (Å²) in [6, 6.07) is 14.1. The van der Waals surface area contributed by atoms with Gasteiger partial charge in [-0.25, -0.2) is 0 Å². The van der Waals surface area contributed by atoms with Crippen LogP contribution < -0.4 is 5.32 Å². The van der Waals surface area contributed by atoms with Gasteiger partial charge in [0.15, 0.2) is 6.61 Å². The highest BCUT2D eigenvalue weighted by Crippen LogP contribution is 2.67. The topological polar surface area (TPSA) is 176 Å². The Balaban J connectivity index is 0.873. The number of anilines is 1. The zero-order chi connectivity index (χ0) is 40.7. The molecule has 1 aromatic heterocycles. The van der Waals surface area contributed by atoms with Gasteiger partial charge in [-0.2, -0.15) is 0 Å². The molecule has 0 spiro atoms. The van der Waals surface area contributed by atoms with Crippen molar-refractivity contribution in [2.24, 2.45) is 28.6 Å². The van der Waals surface area contributed by atoms with E-state index in [1.165, 1.54) is 0 Å². The van der Waals surface area contributed by atoms with Crippen LogP contribution in [0.25, 0.3) is 10.8 Å². The van der Waals surface area contributed by atoms with Crippen LogP contribution >= 0.6 is 0 Å². The molecule has 0 saturated heterocycles. The second kappa shape index (κ2) is 15.9. The van der Waals surface area contributed by atoms with Crippen LogP contribution in [0.2, 0.25) is 0 Å². The summed E-state index contributed by atoms with van der Waals surface area (Å²) in [6.07, 6.45) is 9.85. The molecule has 3 fully saturated rings. The van der Waals surface area contributed by atoms with Gasteiger partial charge >= 0.3 is 11.9 Å². The first-order valence-corrected chi connectivity index (χ1v) is 19.9. The van der Waals surface area contributed by atoms with Gasteiger partial charge in [0.05, 0.1) is 25.0 Å². The number of pyridine rings is 1. The summed E-state index contributed by atoms with van der Waals surface area (Å²) in [5.41, 5.74) is 0.191. The van der Waals surface area contributed by atoms with E-state index >= 15 is 0 Å². The summed E-state index contributed by atoms with van der Waals surface area (Å²) >= 11 is 0. The van der Waals surface area contributed by atoms with E-state index in [1.54, 1.807) is 30.6 Å². The first-order chi connectivity index (χ1) is 27.1. The van der Waals surface area contributed by atoms with Crippen molar-refractivity contribution in [1.29, 1.82) is 0 Å². The number of ether oxygens (including phenoxy) is 2. The lowest BCUT2D eigenvalue weighted by atomic mass is 9.46. The van der Waals surface area contributed by atoms with Crippen molar-refractivity contribution in [2.75, 3.05) is 26.0 Å². The van der Waals surface area contributed by atoms with Gasteiger partial charge in [0.1, 0.15) is 18.2 Å². The molecule has 0 bridgehead atoms. The van der Waals surface area contributed by atoms with Crippen molar-refractivity contribution in [1.82, 2.24) is 9.88 Å². The molecule has 4 aliphatic carbocycles. The first kappa shape index (κ1) is 40.4. The number of esters is 2. The minimum atomic E-state index is -1.76. The quantitative estimate of drug-likeness (QED) is 0.140. The molecule has 0 radical (unpaired) electrons. The number of carbonyl (C=O) groups is 4. The number of fused-ring (bicyclic) bond motifs is 6. The standard InChI is InChI=1S/C45H53N3O9/c1-43-18-15-33(49)22-31(43)10-12-34-35-16-19-45(55,44(35,2)23-36(50)40(34)43)37(51)26-57-39(53)14-13-38(52)56-25-27-5-7-28(8-6-27)41(48(3)4)42(54)47-32-11-9-30-24-46-20-17-29(30)21-32/h5-9,11,15,17-18,20-22,24,33-36,40-41,49-50,55H,10,12-14,16,19,23,25-26H2,1-4H3,(H,47,54)/t33?,34-,35-,36-,40+,41+,43-,44-,45-/m0/s1. The van der Waals surface area contributed by atoms with Gasteiger partial charge in [-0.15, -0.1) is 0 Å². The van der Waals surface area contributed by atoms with Crippen molar-refractivity contribution < 1.29 is 44.0 Å². The van der Waals surface area contributed by atoms with E-state index in [4.69, 9.17) is 9.47 Å². The predicted octanol–water partition coefficient (Wildman–Crippen LogP) is 5.21. The molecule has 9 atom stereocenters. The summed E-state index contributed by atoms with van der Waals surface area (Å²) in [4.78, 5) is 58.1. The lowest BCUT2D eigenvalue weighted by Crippen LogP contribution is -2.61. The van der Waals surface area contributed by atoms with Crippen molar-refractivity contribution >= 4 is 40.1 Å². The van der Waals surface area contributed by atoms with Crippen LogP contribution in [0, 0.1) is 28.6 Å². The van der Waals surface area contributed by atoms with E-state index in [0.29, 0.717) is 17.7 Å². The van der Waals surface area contributed by atoms with Crippen LogP contribution in [0.1, 0.15) is 76.0 Å². The maximum absolute atomic E-state index is 13.6. The Morgan fingerprint density at radius 2 is 1.70 bits per heavy atom. The molecule has 4 N–H and O–H groups in total. The molecule has 1 unspecified atom stereocenters. The predicted molar refractivity (Wildman–Crippen MR) is 212 cm³/mol. The molecule has 1 amide bonds. The molecular formula is C45H53N3O9. The van der Waals surface area contributed by atoms with E-state index in [-0.39, 0.29) is 56.0 Å². The van der Waals surface area contributed by atoms with Gasteiger partial charge in [-0.05, 0) is 92.7 Å². The Kier molecular flexibility index (Phi) is 11.3. The summed E-state index contributed by atoms with van der Waals surface area (Å²) in [7, 11) is 3.64. The number of aromatic nitrogens is 1. The number of Topliss-reactive ketones (excluding diaryl/α,β-unsaturated/α-hetero) is 1. The number of allylic oxidation sites excluding steroid dienone is 2. The summed E-state index contributed by atoms with van der Waals surface area (Å²) in [5, 5.41) is 38.7. The molecular weight excluding hydrogens is 727 g/mol. The number of aliphatic hydroxyl groups is 3. The van der Waals surface area contributed by atoms with Crippen molar-refractivity contribution in [2.45, 2.75) is 89.3 Å². The van der Waals surface area contributed by atoms with Gasteiger partial charge in [-0.1, -0.05) is 68.0 Å². The van der Waals surface area contributed by atoms with Gasteiger partial charge in [0.2, 0.25) is 11.7 Å². The summed E-state index contributed by atoms with van der Waals surface area (Å²) < 4.78 is 10.7. The molecule has 12 heteroatoms. The Morgan fingerprint density at radius 3 is 2.44 bits per heavy atom. The number of hydrogen-bond donors (Lipinski definition) is 4. The molecule has 3 aromatic rings. The largest absolute Gasteiger partial charge is 0.461 e. The number of ketones is 1. The number of hydrogen-bond acceptors (Lipinski definition) is 11. The number of amides is 1. The van der Waals surface area contributed by atoms with Crippen molar-refractivity contribution in [3.63, 3.8) is 0 Å². The van der Waals surface area contributed by atoms with Crippen LogP contribution in [0.5, 0.6) is 0 Å². The summed E-state index contributed by atoms with van der Waals surface area (Å²) in [5.74, 6) is -2.19. The fourth-order valence-electron chi connectivity index (χ4n) is 10.5. The number of aliphatic hydroxyl groups excluding tert-OH is 2. The first-order valence-electron chi connectivity index (χ1n) is 19.9. The second-order valence-corrected chi connectivity index (χ2v) is 17.0. The lowest BCUT2D eigenvalue weighted by molar-refractivity contribution is -0.181. The van der Waals surface area contributed by atoms with Crippen LogP contribution in [0.3, 0.4) is 0 Å². The fraction of sp³-hybridized carbons (Fsp3) is 0.489. The molecule has 3 saturated carbocycles. The fourth-order valence-corrected chi connectivity index (χ4v) is 10.5. The Labute approximate surface area is 333 Å². The Morgan fingerprint density at radius 1 is 0.965 bits per heavy atom. The van der Waals surface area contributed by atoms with Gasteiger partial charge in [-0.3, -0.25) is 29.1 Å². The molecule has 4 aliphatic rings. The molecule has 302 valence electrons. The maximum atomic E-state index is 13.6. The van der Waals surface area contributed by atoms with Crippen LogP contribution in [0.15, 0.2) is 84.7 Å². The number of likely N-dealkylation sites (N-methyl/N-ethyl adjacent to an activating group) is 1. The van der Waals surface area contributed by atoms with Gasteiger partial charge in [0.25, 0.3) is 0 Å². The van der Waals surface area contributed by atoms with Crippen LogP contribution in [0.4, 0.5) is 5.69 Å². The minimum Gasteiger partial charge on any atom is -0.461 e. The highest BCUT2D eigenvalue weighted by atomic mass is 16.5. The van der Waals surface area contributed by atoms with Gasteiger partial charge < -0.3 is 30.1 Å². The van der Waals surface area contributed by atoms with E-state index in [2.05, 4.69) is 17.2 Å². The number of nitrogens with one attached hydrogen (secondary N) is 1. The molecule has 2 aromatic carbocycles. The van der Waals surface area contributed by atoms with Crippen LogP contribution in [-0.4, -0.2) is 87.3 Å². The van der Waals surface area contributed by atoms with E-state index in [1.807, 2.05) is 74.5 Å². The number of nitrogens with zero attached hydrogens (tertiary/aromatic N) is 2. The average Bonchev–Trinajstić information content (AvgIpc) is 3.45. The second-order valence-electron chi connectivity index (χ2n) is 17.0. The maximum Gasteiger partial charge on any atom is 0.306 e. The molecule has 12 nitrogen and oxygen atoms in total. The smallest absolute Gasteiger partial charge is 0.306 e. The van der Waals surface area contributed by atoms with E-state index in [0.717, 1.165) is 34.8 Å². The average molecular weight is 780 g/mol. The molecule has 1 heterocycles. The van der Waals surface area contributed by atoms with E-state index in [9.17, 15) is 34.5 Å². The zero-order valence-electron chi connectivity index (χ0n) is 33.0. The lowest BCUT2D eigenvalue weighted by Gasteiger charge is -2.59. The SMILES string of the molecule is CN(C)[C@@H](C(=O)Nc1ccc2cnccc2c1)c1ccc(COC(=O)CCC(=O)OCC(=O)[C@@]2(O)CC[C@H]3[C@@H]4CCC5=CC(O)C=C[C@]5(C)[C@H]4[C@@H](O)C[C@@]32C)cc1. The highest BCUT2D eigenvalue weighted by molar-refractivity contribution is 5.97. The Bertz CT molecular complexity index is 2100. The third-order valence-corrected chi connectivity index (χ3v) is 13.5. The van der Waals surface area contributed by atoms with Gasteiger partial charge in [0, 0.05) is 40.2 Å². The Hall–Kier alpha value is -4.75. The third kappa shape index (κ3) is 7.68. The van der Waals surface area contributed by atoms with Crippen molar-refractivity contribution in [3.05, 3.63) is 95.9 Å².